The molecule has 2 saturated heterocycles. The molecule has 7 atom stereocenters. The highest BCUT2D eigenvalue weighted by atomic mass is 35.5. The van der Waals surface area contributed by atoms with Crippen LogP contribution in [0, 0.1) is 24.2 Å². The van der Waals surface area contributed by atoms with Gasteiger partial charge in [-0.25, -0.2) is 4.98 Å². The van der Waals surface area contributed by atoms with E-state index >= 15 is 0 Å². The number of epoxide rings is 1. The monoisotopic (exact) mass is 551 g/mol. The van der Waals surface area contributed by atoms with Crippen molar-refractivity contribution in [2.45, 2.75) is 103 Å². The van der Waals surface area contributed by atoms with Crippen molar-refractivity contribution in [3.05, 3.63) is 28.8 Å². The number of fused-ring (bicyclic) bond motifs is 2. The Kier molecular flexibility index (Phi) is 8.37. The molecule has 0 bridgehead atoms. The number of esters is 1. The van der Waals surface area contributed by atoms with Gasteiger partial charge >= 0.3 is 5.97 Å². The standard InChI is InChI=1S/C28H38ClNO6S/c1-6-18-25(33)15(2)8-7-11-28(29)23(36-28)13-20(17-9-10-21-19(12-17)30-16(3)37-21)35-24(32)14-22(31)27(4,5)26(18)34/h9-10,12,15,18,20,22-23,25,31,33H,6-8,11,13-14H2,1-5H3/t15-,18+,20-,22-,23?,25-,28?/m0/s1. The van der Waals surface area contributed by atoms with Crippen molar-refractivity contribution >= 4 is 44.9 Å². The minimum absolute atomic E-state index is 0.127. The Balaban J connectivity index is 1.62. The van der Waals surface area contributed by atoms with Gasteiger partial charge in [-0.3, -0.25) is 9.59 Å². The molecular formula is C28H38ClNO6S. The molecule has 2 aliphatic heterocycles. The first-order chi connectivity index (χ1) is 17.4. The summed E-state index contributed by atoms with van der Waals surface area (Å²) >= 11 is 8.35. The van der Waals surface area contributed by atoms with Crippen molar-refractivity contribution in [1.82, 2.24) is 4.98 Å². The van der Waals surface area contributed by atoms with E-state index < -0.39 is 40.7 Å². The molecule has 0 radical (unpaired) electrons. The van der Waals surface area contributed by atoms with Crippen molar-refractivity contribution in [1.29, 1.82) is 0 Å². The molecule has 0 amide bonds. The second-order valence-corrected chi connectivity index (χ2v) is 13.1. The van der Waals surface area contributed by atoms with Gasteiger partial charge in [0, 0.05) is 12.3 Å². The van der Waals surface area contributed by atoms with Crippen LogP contribution in [-0.2, 0) is 19.1 Å². The number of hydrogen-bond acceptors (Lipinski definition) is 8. The van der Waals surface area contributed by atoms with Gasteiger partial charge in [-0.05, 0) is 56.2 Å². The number of benzene rings is 1. The molecule has 2 unspecified atom stereocenters. The fourth-order valence-corrected chi connectivity index (χ4v) is 6.57. The SMILES string of the molecule is CC[C@H]1C(=O)C(C)(C)[C@@H](O)CC(=O)O[C@H](c2ccc3sc(C)nc3c2)CC2OC2(Cl)CCC[C@H](C)[C@@H]1O. The topological polar surface area (TPSA) is 109 Å². The summed E-state index contributed by atoms with van der Waals surface area (Å²) in [5.74, 6) is -1.62. The Bertz CT molecular complexity index is 1150. The number of carbonyl (C=O) groups excluding carboxylic acids is 2. The largest absolute Gasteiger partial charge is 0.457 e. The number of carbonyl (C=O) groups is 2. The number of hydrogen-bond donors (Lipinski definition) is 2. The van der Waals surface area contributed by atoms with Crippen LogP contribution in [0.2, 0.25) is 0 Å². The fraction of sp³-hybridized carbons (Fsp3) is 0.679. The summed E-state index contributed by atoms with van der Waals surface area (Å²) < 4.78 is 12.8. The van der Waals surface area contributed by atoms with Gasteiger partial charge in [-0.1, -0.05) is 45.4 Å². The highest BCUT2D eigenvalue weighted by Crippen LogP contribution is 2.50. The van der Waals surface area contributed by atoms with Gasteiger partial charge in [0.2, 0.25) is 0 Å². The molecule has 2 fully saturated rings. The van der Waals surface area contributed by atoms with E-state index in [-0.39, 0.29) is 24.2 Å². The predicted molar refractivity (Wildman–Crippen MR) is 143 cm³/mol. The third-order valence-corrected chi connectivity index (χ3v) is 9.60. The fourth-order valence-electron chi connectivity index (χ4n) is 5.43. The molecule has 9 heteroatoms. The summed E-state index contributed by atoms with van der Waals surface area (Å²) in [7, 11) is 0. The summed E-state index contributed by atoms with van der Waals surface area (Å²) in [5, 5.41) is 22.1. The quantitative estimate of drug-likeness (QED) is 0.289. The van der Waals surface area contributed by atoms with E-state index in [0.717, 1.165) is 27.2 Å². The lowest BCUT2D eigenvalue weighted by molar-refractivity contribution is -0.156. The van der Waals surface area contributed by atoms with Crippen LogP contribution in [-0.4, -0.2) is 50.3 Å². The molecule has 4 rings (SSSR count). The molecule has 2 aliphatic rings. The van der Waals surface area contributed by atoms with E-state index in [1.165, 1.54) is 0 Å². The molecule has 204 valence electrons. The smallest absolute Gasteiger partial charge is 0.309 e. The van der Waals surface area contributed by atoms with E-state index in [1.807, 2.05) is 39.0 Å². The molecule has 1 aromatic carbocycles. The van der Waals surface area contributed by atoms with Crippen molar-refractivity contribution in [2.24, 2.45) is 17.3 Å². The number of aromatic nitrogens is 1. The number of nitrogens with zero attached hydrogens (tertiary/aromatic N) is 1. The third-order valence-electron chi connectivity index (χ3n) is 8.13. The van der Waals surface area contributed by atoms with Crippen LogP contribution >= 0.6 is 22.9 Å². The van der Waals surface area contributed by atoms with Gasteiger partial charge in [0.05, 0.1) is 39.3 Å². The maximum absolute atomic E-state index is 13.5. The normalized spacial score (nSPS) is 35.7. The second-order valence-electron chi connectivity index (χ2n) is 11.2. The zero-order valence-electron chi connectivity index (χ0n) is 22.2. The summed E-state index contributed by atoms with van der Waals surface area (Å²) in [6.07, 6.45) is -0.546. The van der Waals surface area contributed by atoms with E-state index in [2.05, 4.69) is 4.98 Å². The van der Waals surface area contributed by atoms with Crippen LogP contribution in [0.3, 0.4) is 0 Å². The average Bonchev–Trinajstić information content (AvgIpc) is 3.30. The molecule has 2 N–H and O–H groups in total. The lowest BCUT2D eigenvalue weighted by Crippen LogP contribution is -2.46. The summed E-state index contributed by atoms with van der Waals surface area (Å²) in [5.41, 5.74) is 0.394. The minimum atomic E-state index is -1.26. The molecule has 7 nitrogen and oxygen atoms in total. The number of rotatable bonds is 2. The van der Waals surface area contributed by atoms with Gasteiger partial charge in [0.25, 0.3) is 0 Å². The lowest BCUT2D eigenvalue weighted by Gasteiger charge is -2.35. The Morgan fingerprint density at radius 2 is 1.97 bits per heavy atom. The van der Waals surface area contributed by atoms with Gasteiger partial charge < -0.3 is 19.7 Å². The van der Waals surface area contributed by atoms with Crippen molar-refractivity contribution < 1.29 is 29.3 Å². The Morgan fingerprint density at radius 3 is 2.68 bits per heavy atom. The highest BCUT2D eigenvalue weighted by molar-refractivity contribution is 7.18. The van der Waals surface area contributed by atoms with Gasteiger partial charge in [0.15, 0.2) is 5.06 Å². The van der Waals surface area contributed by atoms with Crippen LogP contribution in [0.1, 0.15) is 82.9 Å². The third kappa shape index (κ3) is 6.04. The lowest BCUT2D eigenvalue weighted by atomic mass is 9.71. The van der Waals surface area contributed by atoms with Crippen LogP contribution in [0.15, 0.2) is 18.2 Å². The van der Waals surface area contributed by atoms with E-state index in [4.69, 9.17) is 21.1 Å². The zero-order chi connectivity index (χ0) is 27.1. The summed E-state index contributed by atoms with van der Waals surface area (Å²) in [6, 6.07) is 5.82. The molecule has 0 aliphatic carbocycles. The average molecular weight is 552 g/mol. The molecule has 0 spiro atoms. The van der Waals surface area contributed by atoms with Crippen LogP contribution in [0.25, 0.3) is 10.2 Å². The minimum Gasteiger partial charge on any atom is -0.457 e. The first-order valence-electron chi connectivity index (χ1n) is 13.2. The number of alkyl halides is 1. The van der Waals surface area contributed by atoms with E-state index in [0.29, 0.717) is 25.7 Å². The maximum atomic E-state index is 13.5. The number of cyclic esters (lactones) is 1. The van der Waals surface area contributed by atoms with E-state index in [1.54, 1.807) is 25.2 Å². The van der Waals surface area contributed by atoms with Crippen molar-refractivity contribution in [3.63, 3.8) is 0 Å². The zero-order valence-corrected chi connectivity index (χ0v) is 23.8. The Labute approximate surface area is 227 Å². The second kappa shape index (κ2) is 10.9. The molecule has 37 heavy (non-hydrogen) atoms. The number of halogens is 1. The first kappa shape index (κ1) is 28.4. The van der Waals surface area contributed by atoms with Gasteiger partial charge in [-0.15, -0.1) is 11.3 Å². The predicted octanol–water partition coefficient (Wildman–Crippen LogP) is 5.47. The number of ketones is 1. The summed E-state index contributed by atoms with van der Waals surface area (Å²) in [4.78, 5) is 31.1. The number of aryl methyl sites for hydroxylation is 1. The molecular weight excluding hydrogens is 514 g/mol. The molecule has 1 aromatic heterocycles. The van der Waals surface area contributed by atoms with Gasteiger partial charge in [-0.2, -0.15) is 0 Å². The Hall–Kier alpha value is -1.58. The number of aliphatic hydroxyl groups excluding tert-OH is 2. The highest BCUT2D eigenvalue weighted by Gasteiger charge is 2.55. The molecule has 2 aromatic rings. The van der Waals surface area contributed by atoms with Crippen LogP contribution in [0.5, 0.6) is 0 Å². The first-order valence-corrected chi connectivity index (χ1v) is 14.4. The van der Waals surface area contributed by atoms with Crippen LogP contribution in [0.4, 0.5) is 0 Å². The van der Waals surface area contributed by atoms with Crippen molar-refractivity contribution in [3.8, 4) is 0 Å². The van der Waals surface area contributed by atoms with Crippen LogP contribution < -0.4 is 0 Å². The number of ether oxygens (including phenoxy) is 2. The summed E-state index contributed by atoms with van der Waals surface area (Å²) in [6.45, 7) is 9.00. The number of thiazole rings is 1. The molecule has 0 saturated carbocycles. The van der Waals surface area contributed by atoms with Gasteiger partial charge in [0.1, 0.15) is 18.0 Å². The number of Topliss-reactive ketones (excluding diaryl/α,β-unsaturated/α-hetero) is 1. The molecule has 3 heterocycles. The number of aliphatic hydroxyl groups is 2. The maximum Gasteiger partial charge on any atom is 0.309 e. The Morgan fingerprint density at radius 1 is 1.24 bits per heavy atom. The van der Waals surface area contributed by atoms with Crippen molar-refractivity contribution in [2.75, 3.05) is 0 Å². The van der Waals surface area contributed by atoms with E-state index in [9.17, 15) is 19.8 Å².